The van der Waals surface area contributed by atoms with Gasteiger partial charge in [0.05, 0.1) is 6.93 Å². The predicted molar refractivity (Wildman–Crippen MR) is 192 cm³/mol. The van der Waals surface area contributed by atoms with E-state index in [0.29, 0.717) is 29.7 Å². The van der Waals surface area contributed by atoms with Crippen LogP contribution < -0.4 is 4.57 Å². The van der Waals surface area contributed by atoms with Crippen LogP contribution in [-0.4, -0.2) is 0 Å². The second kappa shape index (κ2) is 11.6. The Bertz CT molecular complexity index is 2390. The van der Waals surface area contributed by atoms with Crippen molar-refractivity contribution in [3.05, 3.63) is 113 Å². The van der Waals surface area contributed by atoms with Gasteiger partial charge in [0.25, 0.3) is 0 Å². The Morgan fingerprint density at radius 2 is 1.54 bits per heavy atom. The molecule has 0 radical (unpaired) electrons. The molecule has 6 aromatic rings. The predicted octanol–water partition coefficient (Wildman–Crippen LogP) is 11.9. The number of benzene rings is 4. The minimum Gasteiger partial charge on any atom is -0.454 e. The van der Waals surface area contributed by atoms with Crippen molar-refractivity contribution in [1.29, 1.82) is 0 Å². The summed E-state index contributed by atoms with van der Waals surface area (Å²) >= 11 is 0. The van der Waals surface area contributed by atoms with Crippen molar-refractivity contribution in [2.45, 2.75) is 84.3 Å². The number of fused-ring (bicyclic) bond motifs is 3. The first-order valence-electron chi connectivity index (χ1n) is 20.8. The molecule has 0 atom stereocenters. The number of furan rings is 1. The highest BCUT2D eigenvalue weighted by atomic mass is 16.3. The summed E-state index contributed by atoms with van der Waals surface area (Å²) in [5.41, 5.74) is 6.54. The Morgan fingerprint density at radius 3 is 2.33 bits per heavy atom. The van der Waals surface area contributed by atoms with Crippen LogP contribution in [0, 0.1) is 26.0 Å². The monoisotopic (exact) mass is 612 g/mol. The molecule has 0 unspecified atom stereocenters. The molecule has 46 heavy (non-hydrogen) atoms. The van der Waals surface area contributed by atoms with Crippen molar-refractivity contribution in [2.75, 3.05) is 0 Å². The molecule has 4 aromatic carbocycles. The van der Waals surface area contributed by atoms with E-state index in [9.17, 15) is 2.74 Å². The zero-order valence-electron chi connectivity index (χ0n) is 34.8. The Labute approximate surface area is 285 Å². The topological polar surface area (TPSA) is 17.0 Å². The zero-order chi connectivity index (χ0) is 38.2. The van der Waals surface area contributed by atoms with Crippen molar-refractivity contribution in [3.8, 4) is 33.5 Å². The summed E-state index contributed by atoms with van der Waals surface area (Å²) in [5, 5.41) is 1.85. The Morgan fingerprint density at radius 1 is 0.761 bits per heavy atom. The van der Waals surface area contributed by atoms with E-state index < -0.39 is 19.6 Å². The highest BCUT2D eigenvalue weighted by Crippen LogP contribution is 2.51. The number of aryl methyl sites for hydroxylation is 4. The minimum atomic E-state index is -2.66. The Kier molecular flexibility index (Phi) is 5.43. The summed E-state index contributed by atoms with van der Waals surface area (Å²) < 4.78 is 79.4. The van der Waals surface area contributed by atoms with Crippen molar-refractivity contribution >= 4 is 21.9 Å². The van der Waals surface area contributed by atoms with E-state index in [4.69, 9.17) is 12.6 Å². The molecule has 2 aliphatic carbocycles. The molecule has 2 nitrogen and oxygen atoms in total. The Balaban J connectivity index is 1.32. The first-order chi connectivity index (χ1) is 25.6. The fourth-order valence-corrected chi connectivity index (χ4v) is 8.32. The lowest BCUT2D eigenvalue weighted by atomic mass is 9.62. The van der Waals surface area contributed by atoms with Crippen LogP contribution in [0.5, 0.6) is 0 Å². The highest BCUT2D eigenvalue weighted by Gasteiger charge is 2.36. The molecular weight excluding hydrogens is 558 g/mol. The van der Waals surface area contributed by atoms with E-state index in [2.05, 4.69) is 0 Å². The van der Waals surface area contributed by atoms with Gasteiger partial charge in [-0.3, -0.25) is 0 Å². The van der Waals surface area contributed by atoms with Gasteiger partial charge in [0, 0.05) is 37.6 Å². The summed E-state index contributed by atoms with van der Waals surface area (Å²) in [5.74, 6) is -1.01. The number of hydrogen-bond donors (Lipinski definition) is 0. The maximum atomic E-state index is 9.60. The number of pyridine rings is 1. The minimum absolute atomic E-state index is 0.0428. The van der Waals surface area contributed by atoms with Crippen LogP contribution in [0.15, 0.2) is 95.5 Å². The maximum absolute atomic E-state index is 9.60. The van der Waals surface area contributed by atoms with Crippen LogP contribution in [0.1, 0.15) is 96.9 Å². The van der Waals surface area contributed by atoms with Crippen LogP contribution in [0.2, 0.25) is 0 Å². The van der Waals surface area contributed by atoms with E-state index >= 15 is 0 Å². The first-order valence-corrected chi connectivity index (χ1v) is 16.8. The van der Waals surface area contributed by atoms with Crippen molar-refractivity contribution in [2.24, 2.45) is 12.5 Å². The SMILES string of the molecule is [2H]c1cc(C2([2H])CCC3(CCCCC3)CC2)cc(C([2H])([2H])[2H])c1-c1cc(-c2c(C)ccc3c2oc2c(-c4ccccc4)cccc23)[n+](C)cc1C([2H])([2H])[2H]. The first kappa shape index (κ1) is 21.6. The lowest BCUT2D eigenvalue weighted by Gasteiger charge is -2.43. The molecule has 0 aliphatic heterocycles. The summed E-state index contributed by atoms with van der Waals surface area (Å²) in [6.45, 7) is -3.29. The average Bonchev–Trinajstić information content (AvgIpc) is 3.52. The van der Waals surface area contributed by atoms with Gasteiger partial charge in [-0.15, -0.1) is 0 Å². The second-order valence-corrected chi connectivity index (χ2v) is 13.7. The molecule has 2 aromatic heterocycles. The van der Waals surface area contributed by atoms with Crippen LogP contribution in [0.3, 0.4) is 0 Å². The third-order valence-corrected chi connectivity index (χ3v) is 10.9. The molecule has 2 saturated carbocycles. The zero-order valence-corrected chi connectivity index (χ0v) is 26.8. The van der Waals surface area contributed by atoms with Crippen molar-refractivity contribution in [1.82, 2.24) is 0 Å². The van der Waals surface area contributed by atoms with E-state index in [1.54, 1.807) is 36.0 Å². The van der Waals surface area contributed by atoms with Crippen molar-refractivity contribution in [3.63, 3.8) is 0 Å². The second-order valence-electron chi connectivity index (χ2n) is 13.7. The molecular formula is C44H46NO+. The molecule has 232 valence electrons. The maximum Gasteiger partial charge on any atom is 0.216 e. The molecule has 0 N–H and O–H groups in total. The fraction of sp³-hybridized carbons (Fsp3) is 0.341. The summed E-state index contributed by atoms with van der Waals surface area (Å²) in [7, 11) is 1.78. The van der Waals surface area contributed by atoms with E-state index in [1.807, 2.05) is 67.6 Å². The molecule has 8 rings (SSSR count). The Hall–Kier alpha value is -4.17. The molecule has 2 aliphatic rings. The van der Waals surface area contributed by atoms with Gasteiger partial charge < -0.3 is 4.42 Å². The van der Waals surface area contributed by atoms with Gasteiger partial charge in [-0.1, -0.05) is 98.1 Å². The number of rotatable bonds is 4. The average molecular weight is 613 g/mol. The molecule has 0 bridgehead atoms. The van der Waals surface area contributed by atoms with Crippen LogP contribution in [-0.2, 0) is 7.05 Å². The van der Waals surface area contributed by atoms with Gasteiger partial charge in [-0.2, -0.15) is 0 Å². The van der Waals surface area contributed by atoms with Crippen LogP contribution >= 0.6 is 0 Å². The largest absolute Gasteiger partial charge is 0.454 e. The van der Waals surface area contributed by atoms with Crippen molar-refractivity contribution < 1.29 is 20.0 Å². The number of aromatic nitrogens is 1. The van der Waals surface area contributed by atoms with Gasteiger partial charge in [0.1, 0.15) is 18.2 Å². The quantitative estimate of drug-likeness (QED) is 0.181. The molecule has 2 heteroatoms. The molecule has 0 saturated heterocycles. The fourth-order valence-electron chi connectivity index (χ4n) is 8.32. The van der Waals surface area contributed by atoms with E-state index in [-0.39, 0.29) is 33.7 Å². The summed E-state index contributed by atoms with van der Waals surface area (Å²) in [6, 6.07) is 25.0. The third-order valence-electron chi connectivity index (χ3n) is 10.9. The van der Waals surface area contributed by atoms with Gasteiger partial charge in [-0.25, -0.2) is 4.57 Å². The summed E-state index contributed by atoms with van der Waals surface area (Å²) in [4.78, 5) is 0. The van der Waals surface area contributed by atoms with Crippen LogP contribution in [0.25, 0.3) is 55.4 Å². The smallest absolute Gasteiger partial charge is 0.216 e. The molecule has 2 fully saturated rings. The lowest BCUT2D eigenvalue weighted by molar-refractivity contribution is -0.660. The third kappa shape index (κ3) is 4.98. The van der Waals surface area contributed by atoms with E-state index in [1.165, 1.54) is 32.1 Å². The van der Waals surface area contributed by atoms with Gasteiger partial charge in [0.2, 0.25) is 5.69 Å². The van der Waals surface area contributed by atoms with Gasteiger partial charge in [0.15, 0.2) is 6.20 Å². The standard InChI is InChI=1S/C44H46NO/c1-29-16-18-38-37-15-11-14-36(33-12-7-5-8-13-33)42(37)46-43(38)41(29)40-27-39(31(3)28-45(40)4)35-19-17-34(26-30(35)2)32-20-24-44(25-21-32)22-9-6-10-23-44/h5,7-8,11-19,26-28,32H,6,9-10,20-25H2,1-4H3/q+1/i2D3,3D3,19D,32D. The van der Waals surface area contributed by atoms with Crippen LogP contribution in [0.4, 0.5) is 0 Å². The number of para-hydroxylation sites is 1. The van der Waals surface area contributed by atoms with Gasteiger partial charge in [-0.05, 0) is 104 Å². The number of hydrogen-bond acceptors (Lipinski definition) is 1. The molecule has 0 amide bonds. The highest BCUT2D eigenvalue weighted by molar-refractivity contribution is 6.13. The van der Waals surface area contributed by atoms with Gasteiger partial charge >= 0.3 is 0 Å². The normalized spacial score (nSPS) is 20.7. The van der Waals surface area contributed by atoms with E-state index in [0.717, 1.165) is 51.5 Å². The lowest BCUT2D eigenvalue weighted by Crippen LogP contribution is -2.31. The number of nitrogens with zero attached hydrogens (tertiary/aromatic N) is 1. The molecule has 2 heterocycles. The summed E-state index contributed by atoms with van der Waals surface area (Å²) in [6.07, 6.45) is 10.7. The molecule has 1 spiro atoms.